The lowest BCUT2D eigenvalue weighted by molar-refractivity contribution is -0.138. The molecule has 0 aliphatic carbocycles. The maximum absolute atomic E-state index is 14.7. The number of rotatable bonds is 1. The van der Waals surface area contributed by atoms with Crippen LogP contribution in [0.15, 0.2) is 42.5 Å². The molecule has 38 heavy (non-hydrogen) atoms. The quantitative estimate of drug-likeness (QED) is 0.630. The number of nitrogens with zero attached hydrogens (tertiary/aromatic N) is 4. The topological polar surface area (TPSA) is 96.7 Å². The largest absolute Gasteiger partial charge is 0.356 e. The van der Waals surface area contributed by atoms with Crippen LogP contribution in [0, 0.1) is 23.1 Å². The third-order valence-corrected chi connectivity index (χ3v) is 8.67. The number of amides is 3. The molecule has 1 N–H and O–H groups in total. The van der Waals surface area contributed by atoms with Gasteiger partial charge in [-0.15, -0.1) is 0 Å². The van der Waals surface area contributed by atoms with Gasteiger partial charge < -0.3 is 15.1 Å². The number of hydrogen-bond acceptors (Lipinski definition) is 5. The van der Waals surface area contributed by atoms with Crippen LogP contribution in [0.1, 0.15) is 53.6 Å². The van der Waals surface area contributed by atoms with Crippen LogP contribution in [-0.4, -0.2) is 66.3 Å². The fourth-order valence-corrected chi connectivity index (χ4v) is 7.05. The molecule has 2 aromatic carbocycles. The molecule has 2 bridgehead atoms. The van der Waals surface area contributed by atoms with E-state index in [1.165, 1.54) is 12.1 Å². The van der Waals surface area contributed by atoms with Crippen molar-refractivity contribution in [2.75, 3.05) is 37.6 Å². The minimum atomic E-state index is -0.989. The Labute approximate surface area is 221 Å². The molecule has 4 aliphatic heterocycles. The van der Waals surface area contributed by atoms with Gasteiger partial charge in [-0.2, -0.15) is 5.26 Å². The molecule has 6 rings (SSSR count). The second-order valence-electron chi connectivity index (χ2n) is 10.6. The van der Waals surface area contributed by atoms with Crippen molar-refractivity contribution in [2.45, 2.75) is 43.7 Å². The summed E-state index contributed by atoms with van der Waals surface area (Å²) in [5.41, 5.74) is 0.804. The molecule has 3 amide bonds. The smallest absolute Gasteiger partial charge is 0.256 e. The zero-order valence-electron chi connectivity index (χ0n) is 21.2. The molecule has 4 heterocycles. The highest BCUT2D eigenvalue weighted by atomic mass is 19.1. The predicted octanol–water partition coefficient (Wildman–Crippen LogP) is 2.78. The lowest BCUT2D eigenvalue weighted by atomic mass is 9.78. The van der Waals surface area contributed by atoms with E-state index < -0.39 is 23.2 Å². The number of nitrogens with one attached hydrogen (secondary N) is 1. The highest BCUT2D eigenvalue weighted by Crippen LogP contribution is 2.57. The standard InChI is InChI=1S/C29H30FN5O3/c30-24-16-19(18-31)9-10-21(24)27(37)33-12-4-11-32-26(36)23-17-20-6-3-15-35(20)29(23)22-7-1-2-8-25(22)34(28(29)38)14-5-13-33/h1-2,7-10,16,20,23H,3-6,11-15,17H2,(H,32,36)/t20-,23+,29+/m0/s1. The average Bonchev–Trinajstić information content (AvgIpc) is 3.58. The first-order chi connectivity index (χ1) is 18.5. The normalized spacial score (nSPS) is 27.4. The van der Waals surface area contributed by atoms with Gasteiger partial charge in [0, 0.05) is 43.5 Å². The zero-order valence-corrected chi connectivity index (χ0v) is 21.2. The second-order valence-corrected chi connectivity index (χ2v) is 10.6. The number of fused-ring (bicyclic) bond motifs is 4. The summed E-state index contributed by atoms with van der Waals surface area (Å²) >= 11 is 0. The highest BCUT2D eigenvalue weighted by Gasteiger charge is 2.67. The monoisotopic (exact) mass is 515 g/mol. The number of hydrogen-bond donors (Lipinski definition) is 1. The van der Waals surface area contributed by atoms with Crippen molar-refractivity contribution in [2.24, 2.45) is 5.92 Å². The van der Waals surface area contributed by atoms with E-state index >= 15 is 0 Å². The van der Waals surface area contributed by atoms with Crippen molar-refractivity contribution < 1.29 is 18.8 Å². The number of para-hydroxylation sites is 1. The van der Waals surface area contributed by atoms with Gasteiger partial charge in [0.15, 0.2) is 0 Å². The van der Waals surface area contributed by atoms with Crippen molar-refractivity contribution in [3.05, 3.63) is 65.0 Å². The summed E-state index contributed by atoms with van der Waals surface area (Å²) < 4.78 is 14.7. The van der Waals surface area contributed by atoms with Gasteiger partial charge in [-0.3, -0.25) is 19.3 Å². The molecule has 3 atom stereocenters. The van der Waals surface area contributed by atoms with E-state index in [0.717, 1.165) is 36.7 Å². The number of carbonyl (C=O) groups is 3. The van der Waals surface area contributed by atoms with E-state index in [-0.39, 0.29) is 29.0 Å². The Balaban J connectivity index is 1.33. The van der Waals surface area contributed by atoms with Gasteiger partial charge in [0.05, 0.1) is 23.1 Å². The predicted molar refractivity (Wildman–Crippen MR) is 138 cm³/mol. The molecule has 0 radical (unpaired) electrons. The average molecular weight is 516 g/mol. The summed E-state index contributed by atoms with van der Waals surface area (Å²) in [5.74, 6) is -1.85. The molecule has 8 nitrogen and oxygen atoms in total. The van der Waals surface area contributed by atoms with E-state index in [1.54, 1.807) is 9.80 Å². The van der Waals surface area contributed by atoms with E-state index in [0.29, 0.717) is 45.4 Å². The fraction of sp³-hybridized carbons (Fsp3) is 0.448. The molecular weight excluding hydrogens is 485 g/mol. The third kappa shape index (κ3) is 3.62. The Morgan fingerprint density at radius 2 is 1.87 bits per heavy atom. The molecule has 9 heteroatoms. The van der Waals surface area contributed by atoms with E-state index in [9.17, 15) is 18.8 Å². The number of carbonyl (C=O) groups excluding carboxylic acids is 3. The highest BCUT2D eigenvalue weighted by molar-refractivity contribution is 6.11. The molecule has 4 aliphatic rings. The fourth-order valence-electron chi connectivity index (χ4n) is 7.05. The molecule has 0 unspecified atom stereocenters. The molecule has 1 spiro atoms. The molecule has 196 valence electrons. The minimum Gasteiger partial charge on any atom is -0.356 e. The van der Waals surface area contributed by atoms with Crippen LogP contribution in [0.25, 0.3) is 0 Å². The number of nitriles is 1. The van der Waals surface area contributed by atoms with Crippen LogP contribution in [-0.2, 0) is 15.1 Å². The number of anilines is 1. The van der Waals surface area contributed by atoms with Gasteiger partial charge in [-0.1, -0.05) is 18.2 Å². The third-order valence-electron chi connectivity index (χ3n) is 8.67. The van der Waals surface area contributed by atoms with Crippen LogP contribution in [0.5, 0.6) is 0 Å². The van der Waals surface area contributed by atoms with E-state index in [4.69, 9.17) is 5.26 Å². The Kier molecular flexibility index (Phi) is 6.15. The lowest BCUT2D eigenvalue weighted by Crippen LogP contribution is -2.56. The van der Waals surface area contributed by atoms with Crippen LogP contribution < -0.4 is 10.2 Å². The molecule has 0 saturated carbocycles. The number of benzene rings is 2. The summed E-state index contributed by atoms with van der Waals surface area (Å²) in [4.78, 5) is 46.9. The Morgan fingerprint density at radius 1 is 1.05 bits per heavy atom. The molecular formula is C29H30FN5O3. The Morgan fingerprint density at radius 3 is 2.68 bits per heavy atom. The van der Waals surface area contributed by atoms with Crippen molar-refractivity contribution in [3.8, 4) is 6.07 Å². The van der Waals surface area contributed by atoms with Gasteiger partial charge in [0.2, 0.25) is 5.91 Å². The number of halogens is 1. The van der Waals surface area contributed by atoms with Gasteiger partial charge >= 0.3 is 0 Å². The molecule has 2 aromatic rings. The zero-order chi connectivity index (χ0) is 26.4. The van der Waals surface area contributed by atoms with Gasteiger partial charge in [-0.25, -0.2) is 4.39 Å². The maximum Gasteiger partial charge on any atom is 0.256 e. The van der Waals surface area contributed by atoms with Gasteiger partial charge in [0.25, 0.3) is 11.8 Å². The minimum absolute atomic E-state index is 0.0569. The first-order valence-electron chi connectivity index (χ1n) is 13.4. The maximum atomic E-state index is 14.7. The van der Waals surface area contributed by atoms with Crippen LogP contribution in [0.2, 0.25) is 0 Å². The summed E-state index contributed by atoms with van der Waals surface area (Å²) in [6.07, 6.45) is 3.68. The lowest BCUT2D eigenvalue weighted by Gasteiger charge is -2.37. The Hall–Kier alpha value is -3.77. The van der Waals surface area contributed by atoms with Crippen molar-refractivity contribution >= 4 is 23.4 Å². The van der Waals surface area contributed by atoms with Crippen molar-refractivity contribution in [1.82, 2.24) is 15.1 Å². The second kappa shape index (κ2) is 9.52. The first kappa shape index (κ1) is 24.6. The van der Waals surface area contributed by atoms with Crippen molar-refractivity contribution in [1.29, 1.82) is 5.26 Å². The van der Waals surface area contributed by atoms with Crippen LogP contribution in [0.4, 0.5) is 10.1 Å². The van der Waals surface area contributed by atoms with E-state index in [1.807, 2.05) is 30.3 Å². The summed E-state index contributed by atoms with van der Waals surface area (Å²) in [6.45, 7) is 2.22. The SMILES string of the molecule is N#Cc1ccc(C(=O)N2CCCNC(=O)[C@H]3C[C@@H]4CCCN4[C@@]34C(=O)N(CCC2)c2ccccc24)c(F)c1. The van der Waals surface area contributed by atoms with Gasteiger partial charge in [-0.05, 0) is 62.9 Å². The van der Waals surface area contributed by atoms with Crippen molar-refractivity contribution in [3.63, 3.8) is 0 Å². The molecule has 3 saturated heterocycles. The first-order valence-corrected chi connectivity index (χ1v) is 13.4. The van der Waals surface area contributed by atoms with Gasteiger partial charge in [0.1, 0.15) is 11.4 Å². The van der Waals surface area contributed by atoms with Crippen LogP contribution in [0.3, 0.4) is 0 Å². The van der Waals surface area contributed by atoms with Crippen LogP contribution >= 0.6 is 0 Å². The summed E-state index contributed by atoms with van der Waals surface area (Å²) in [6, 6.07) is 13.7. The summed E-state index contributed by atoms with van der Waals surface area (Å²) in [7, 11) is 0. The molecule has 3 fully saturated rings. The van der Waals surface area contributed by atoms with E-state index in [2.05, 4.69) is 10.2 Å². The summed E-state index contributed by atoms with van der Waals surface area (Å²) in [5, 5.41) is 12.1. The Bertz CT molecular complexity index is 1360. The molecule has 0 aromatic heterocycles.